The summed E-state index contributed by atoms with van der Waals surface area (Å²) in [6, 6.07) is 7.15. The second-order valence-electron chi connectivity index (χ2n) is 10.9. The van der Waals surface area contributed by atoms with Gasteiger partial charge >= 0.3 is 0 Å². The average Bonchev–Trinajstić information content (AvgIpc) is 2.89. The summed E-state index contributed by atoms with van der Waals surface area (Å²) in [5.41, 5.74) is 0.165. The van der Waals surface area contributed by atoms with Crippen molar-refractivity contribution in [3.63, 3.8) is 0 Å². The fourth-order valence-corrected chi connectivity index (χ4v) is 5.90. The fraction of sp³-hybridized carbons (Fsp3) is 0.556. The Balaban J connectivity index is 1.41. The van der Waals surface area contributed by atoms with E-state index >= 15 is 0 Å². The van der Waals surface area contributed by atoms with Crippen LogP contribution < -0.4 is 19.7 Å². The molecule has 0 radical (unpaired) electrons. The maximum absolute atomic E-state index is 13.1. The molecule has 4 rings (SSSR count). The third-order valence-electron chi connectivity index (χ3n) is 7.72. The van der Waals surface area contributed by atoms with E-state index in [0.29, 0.717) is 34.5 Å². The number of aliphatic hydroxyl groups excluding tert-OH is 1. The molecule has 1 aromatic carbocycles. The molecule has 1 aliphatic heterocycles. The Bertz CT molecular complexity index is 1120. The van der Waals surface area contributed by atoms with Crippen molar-refractivity contribution in [3.05, 3.63) is 41.7 Å². The molecule has 2 aliphatic rings. The number of amides is 1. The Morgan fingerprint density at radius 3 is 2.39 bits per heavy atom. The first-order valence-corrected chi connectivity index (χ1v) is 12.3. The molecule has 0 unspecified atom stereocenters. The molecular formula is C27H35N5O4. The van der Waals surface area contributed by atoms with Crippen LogP contribution in [0.15, 0.2) is 30.6 Å². The molecule has 1 saturated heterocycles. The van der Waals surface area contributed by atoms with E-state index < -0.39 is 0 Å². The molecule has 36 heavy (non-hydrogen) atoms. The molecule has 1 saturated carbocycles. The zero-order chi connectivity index (χ0) is 26.1. The monoisotopic (exact) mass is 493 g/mol. The molecule has 1 aliphatic carbocycles. The molecule has 2 aromatic rings. The van der Waals surface area contributed by atoms with Crippen molar-refractivity contribution in [3.8, 4) is 17.6 Å². The summed E-state index contributed by atoms with van der Waals surface area (Å²) in [5.74, 6) is 1.82. The number of anilines is 1. The summed E-state index contributed by atoms with van der Waals surface area (Å²) >= 11 is 0. The van der Waals surface area contributed by atoms with Crippen molar-refractivity contribution in [1.29, 1.82) is 5.26 Å². The lowest BCUT2D eigenvalue weighted by Crippen LogP contribution is -2.74. The summed E-state index contributed by atoms with van der Waals surface area (Å²) in [5, 5.41) is 21.7. The average molecular weight is 494 g/mol. The standard InChI is InChI=1S/C27H35N5O4/c1-26(2)23(27(3,4)24(26)36-20-7-6-18(13-28)21(12-20)35-5)31-22(34)19-14-29-25(30-15-19)32-10-8-17(16-33)9-11-32/h6-7,12,14-15,17,23-24,33H,8-11,16H2,1-5H3,(H,31,34). The number of nitrogens with one attached hydrogen (secondary N) is 1. The first-order chi connectivity index (χ1) is 17.1. The number of rotatable bonds is 7. The summed E-state index contributed by atoms with van der Waals surface area (Å²) in [4.78, 5) is 24.0. The van der Waals surface area contributed by atoms with E-state index in [0.717, 1.165) is 25.9 Å². The number of methoxy groups -OCH3 is 1. The Labute approximate surface area is 212 Å². The van der Waals surface area contributed by atoms with Gasteiger partial charge in [-0.05, 0) is 30.9 Å². The predicted molar refractivity (Wildman–Crippen MR) is 135 cm³/mol. The number of aliphatic hydroxyl groups is 1. The van der Waals surface area contributed by atoms with Crippen LogP contribution in [0.2, 0.25) is 0 Å². The van der Waals surface area contributed by atoms with Crippen molar-refractivity contribution in [2.75, 3.05) is 31.7 Å². The van der Waals surface area contributed by atoms with Crippen LogP contribution in [0.1, 0.15) is 56.5 Å². The SMILES string of the molecule is COc1cc(OC2C(C)(C)C(NC(=O)c3cnc(N4CCC(CO)CC4)nc3)C2(C)C)ccc1C#N. The van der Waals surface area contributed by atoms with Gasteiger partial charge in [-0.1, -0.05) is 27.7 Å². The highest BCUT2D eigenvalue weighted by Crippen LogP contribution is 2.55. The third-order valence-corrected chi connectivity index (χ3v) is 7.72. The molecular weight excluding hydrogens is 458 g/mol. The predicted octanol–water partition coefficient (Wildman–Crippen LogP) is 3.18. The van der Waals surface area contributed by atoms with Gasteiger partial charge in [0.05, 0.1) is 18.2 Å². The number of hydrogen-bond acceptors (Lipinski definition) is 8. The van der Waals surface area contributed by atoms with Crippen LogP contribution in [0, 0.1) is 28.1 Å². The molecule has 0 bridgehead atoms. The minimum absolute atomic E-state index is 0.139. The van der Waals surface area contributed by atoms with Crippen LogP contribution in [0.4, 0.5) is 5.95 Å². The first-order valence-electron chi connectivity index (χ1n) is 12.3. The topological polar surface area (TPSA) is 121 Å². The number of aromatic nitrogens is 2. The first kappa shape index (κ1) is 25.7. The maximum Gasteiger partial charge on any atom is 0.254 e. The molecule has 2 fully saturated rings. The zero-order valence-corrected chi connectivity index (χ0v) is 21.6. The van der Waals surface area contributed by atoms with Gasteiger partial charge < -0.3 is 24.8 Å². The highest BCUT2D eigenvalue weighted by molar-refractivity contribution is 5.94. The Hall–Kier alpha value is -3.38. The van der Waals surface area contributed by atoms with Gasteiger partial charge in [-0.15, -0.1) is 0 Å². The van der Waals surface area contributed by atoms with Gasteiger partial charge in [-0.2, -0.15) is 5.26 Å². The number of benzene rings is 1. The summed E-state index contributed by atoms with van der Waals surface area (Å²) in [6.07, 6.45) is 4.80. The molecule has 1 aromatic heterocycles. The van der Waals surface area contributed by atoms with Crippen molar-refractivity contribution in [1.82, 2.24) is 15.3 Å². The number of hydrogen-bond donors (Lipinski definition) is 2. The van der Waals surface area contributed by atoms with Crippen LogP contribution in [-0.4, -0.2) is 59.9 Å². The van der Waals surface area contributed by atoms with E-state index in [2.05, 4.69) is 53.9 Å². The van der Waals surface area contributed by atoms with Crippen molar-refractivity contribution in [2.24, 2.45) is 16.7 Å². The van der Waals surface area contributed by atoms with Crippen molar-refractivity contribution in [2.45, 2.75) is 52.7 Å². The van der Waals surface area contributed by atoms with E-state index in [1.165, 1.54) is 7.11 Å². The Morgan fingerprint density at radius 2 is 1.83 bits per heavy atom. The molecule has 2 N–H and O–H groups in total. The lowest BCUT2D eigenvalue weighted by Gasteiger charge is -2.63. The number of carbonyl (C=O) groups excluding carboxylic acids is 1. The van der Waals surface area contributed by atoms with Crippen LogP contribution in [0.3, 0.4) is 0 Å². The smallest absolute Gasteiger partial charge is 0.254 e. The van der Waals surface area contributed by atoms with Gasteiger partial charge in [0.25, 0.3) is 5.91 Å². The van der Waals surface area contributed by atoms with E-state index in [1.807, 2.05) is 0 Å². The van der Waals surface area contributed by atoms with Gasteiger partial charge in [0.1, 0.15) is 23.7 Å². The van der Waals surface area contributed by atoms with Crippen molar-refractivity contribution < 1.29 is 19.4 Å². The molecule has 9 heteroatoms. The highest BCUT2D eigenvalue weighted by Gasteiger charge is 2.64. The summed E-state index contributed by atoms with van der Waals surface area (Å²) in [7, 11) is 1.53. The molecule has 192 valence electrons. The number of ether oxygens (including phenoxy) is 2. The summed E-state index contributed by atoms with van der Waals surface area (Å²) in [6.45, 7) is 10.1. The lowest BCUT2D eigenvalue weighted by atomic mass is 9.49. The minimum Gasteiger partial charge on any atom is -0.495 e. The number of piperidine rings is 1. The second kappa shape index (κ2) is 9.94. The van der Waals surface area contributed by atoms with Crippen LogP contribution in [0.5, 0.6) is 11.5 Å². The normalized spacial score (nSPS) is 22.8. The zero-order valence-electron chi connectivity index (χ0n) is 21.6. The van der Waals surface area contributed by atoms with Crippen LogP contribution in [0.25, 0.3) is 0 Å². The van der Waals surface area contributed by atoms with Gasteiger partial charge in [0.2, 0.25) is 5.95 Å². The largest absolute Gasteiger partial charge is 0.495 e. The number of nitriles is 1. The highest BCUT2D eigenvalue weighted by atomic mass is 16.5. The number of carbonyl (C=O) groups is 1. The quantitative estimate of drug-likeness (QED) is 0.603. The van der Waals surface area contributed by atoms with Crippen molar-refractivity contribution >= 4 is 11.9 Å². The Kier molecular flexibility index (Phi) is 7.10. The van der Waals surface area contributed by atoms with Crippen LogP contribution >= 0.6 is 0 Å². The molecule has 1 amide bonds. The molecule has 9 nitrogen and oxygen atoms in total. The maximum atomic E-state index is 13.1. The lowest BCUT2D eigenvalue weighted by molar-refractivity contribution is -0.164. The van der Waals surface area contributed by atoms with Crippen LogP contribution in [-0.2, 0) is 0 Å². The summed E-state index contributed by atoms with van der Waals surface area (Å²) < 4.78 is 11.7. The third kappa shape index (κ3) is 4.70. The second-order valence-corrected chi connectivity index (χ2v) is 10.9. The van der Waals surface area contributed by atoms with E-state index in [1.54, 1.807) is 30.6 Å². The van der Waals surface area contributed by atoms with E-state index in [-0.39, 0.29) is 35.5 Å². The number of nitrogens with zero attached hydrogens (tertiary/aromatic N) is 4. The van der Waals surface area contributed by atoms with Gasteiger partial charge in [0.15, 0.2) is 0 Å². The van der Waals surface area contributed by atoms with Gasteiger partial charge in [-0.25, -0.2) is 9.97 Å². The molecule has 2 heterocycles. The molecule has 0 spiro atoms. The molecule has 0 atom stereocenters. The minimum atomic E-state index is -0.349. The van der Waals surface area contributed by atoms with Gasteiger partial charge in [0, 0.05) is 55.0 Å². The van der Waals surface area contributed by atoms with E-state index in [9.17, 15) is 15.2 Å². The van der Waals surface area contributed by atoms with E-state index in [4.69, 9.17) is 9.47 Å². The Morgan fingerprint density at radius 1 is 1.19 bits per heavy atom. The fourth-order valence-electron chi connectivity index (χ4n) is 5.90. The van der Waals surface area contributed by atoms with Gasteiger partial charge in [-0.3, -0.25) is 4.79 Å².